The zero-order chi connectivity index (χ0) is 23.1. The normalized spacial score (nSPS) is 19.1. The zero-order valence-corrected chi connectivity index (χ0v) is 19.6. The van der Waals surface area contributed by atoms with Crippen LogP contribution >= 0.6 is 23.2 Å². The van der Waals surface area contributed by atoms with E-state index in [9.17, 15) is 9.59 Å². The molecule has 3 aromatic rings. The van der Waals surface area contributed by atoms with Crippen molar-refractivity contribution in [2.75, 3.05) is 23.3 Å². The van der Waals surface area contributed by atoms with Crippen LogP contribution in [0.1, 0.15) is 44.3 Å². The van der Waals surface area contributed by atoms with Gasteiger partial charge in [0, 0.05) is 41.1 Å². The second-order valence-electron chi connectivity index (χ2n) is 8.56. The van der Waals surface area contributed by atoms with E-state index in [2.05, 4.69) is 10.6 Å². The predicted octanol–water partition coefficient (Wildman–Crippen LogP) is 5.87. The standard InChI is InChI=1S/C26H23Cl2N3O2/c1-15-12-18(30-25(32)20-4-2-3-5-22(20)28)7-8-19(15)26(33)31-11-10-16-14-29-24(16)21-13-17(27)6-9-23(21)31/h2-9,12-13,16,24,29H,10-11,14H2,1H3,(H,30,32)/t16-,24-/m0/s1. The largest absolute Gasteiger partial charge is 0.322 e. The van der Waals surface area contributed by atoms with Crippen LogP contribution in [0, 0.1) is 12.8 Å². The number of carbonyl (C=O) groups is 2. The third-order valence-electron chi connectivity index (χ3n) is 6.49. The monoisotopic (exact) mass is 479 g/mol. The van der Waals surface area contributed by atoms with Crippen molar-refractivity contribution in [2.24, 2.45) is 5.92 Å². The Morgan fingerprint density at radius 1 is 1.03 bits per heavy atom. The van der Waals surface area contributed by atoms with E-state index in [0.29, 0.717) is 39.3 Å². The number of halogens is 2. The molecule has 0 bridgehead atoms. The first-order valence-electron chi connectivity index (χ1n) is 10.9. The van der Waals surface area contributed by atoms with E-state index >= 15 is 0 Å². The summed E-state index contributed by atoms with van der Waals surface area (Å²) in [6, 6.07) is 18.2. The highest BCUT2D eigenvalue weighted by molar-refractivity contribution is 6.34. The van der Waals surface area contributed by atoms with Gasteiger partial charge in [-0.2, -0.15) is 0 Å². The van der Waals surface area contributed by atoms with Crippen molar-refractivity contribution >= 4 is 46.4 Å². The van der Waals surface area contributed by atoms with E-state index in [1.165, 1.54) is 0 Å². The Morgan fingerprint density at radius 2 is 1.85 bits per heavy atom. The van der Waals surface area contributed by atoms with Gasteiger partial charge >= 0.3 is 0 Å². The molecule has 0 aliphatic carbocycles. The Hall–Kier alpha value is -2.86. The number of hydrogen-bond donors (Lipinski definition) is 2. The average Bonchev–Trinajstić information content (AvgIpc) is 2.86. The SMILES string of the molecule is Cc1cc(NC(=O)c2ccccc2Cl)ccc1C(=O)N1CC[C@H]2CN[C@@H]2c2cc(Cl)ccc21. The minimum Gasteiger partial charge on any atom is -0.322 e. The van der Waals surface area contributed by atoms with Crippen LogP contribution in [0.4, 0.5) is 11.4 Å². The van der Waals surface area contributed by atoms with E-state index in [4.69, 9.17) is 23.2 Å². The zero-order valence-electron chi connectivity index (χ0n) is 18.1. The van der Waals surface area contributed by atoms with Gasteiger partial charge in [-0.25, -0.2) is 0 Å². The quantitative estimate of drug-likeness (QED) is 0.493. The van der Waals surface area contributed by atoms with E-state index in [1.807, 2.05) is 36.1 Å². The molecule has 2 aliphatic heterocycles. The number of nitrogens with one attached hydrogen (secondary N) is 2. The fourth-order valence-electron chi connectivity index (χ4n) is 4.65. The van der Waals surface area contributed by atoms with Gasteiger partial charge in [0.05, 0.1) is 10.6 Å². The molecule has 5 nitrogen and oxygen atoms in total. The average molecular weight is 480 g/mol. The van der Waals surface area contributed by atoms with Crippen molar-refractivity contribution in [3.63, 3.8) is 0 Å². The van der Waals surface area contributed by atoms with Gasteiger partial charge in [-0.05, 0) is 78.9 Å². The minimum absolute atomic E-state index is 0.0543. The molecule has 5 rings (SSSR count). The number of carbonyl (C=O) groups excluding carboxylic acids is 2. The topological polar surface area (TPSA) is 61.4 Å². The number of anilines is 2. The Morgan fingerprint density at radius 3 is 2.58 bits per heavy atom. The smallest absolute Gasteiger partial charge is 0.258 e. The van der Waals surface area contributed by atoms with Gasteiger partial charge in [-0.1, -0.05) is 35.3 Å². The van der Waals surface area contributed by atoms with Crippen molar-refractivity contribution < 1.29 is 9.59 Å². The first-order chi connectivity index (χ1) is 15.9. The summed E-state index contributed by atoms with van der Waals surface area (Å²) in [5.41, 5.74) is 4.39. The second kappa shape index (κ2) is 8.82. The van der Waals surface area contributed by atoms with E-state index in [0.717, 1.165) is 29.8 Å². The van der Waals surface area contributed by atoms with Crippen LogP contribution in [0.25, 0.3) is 0 Å². The highest BCUT2D eigenvalue weighted by Gasteiger charge is 2.38. The molecule has 2 amide bonds. The lowest BCUT2D eigenvalue weighted by molar-refractivity contribution is 0.0983. The lowest BCUT2D eigenvalue weighted by Gasteiger charge is -2.37. The number of hydrogen-bond acceptors (Lipinski definition) is 3. The van der Waals surface area contributed by atoms with Crippen molar-refractivity contribution in [1.82, 2.24) is 5.32 Å². The van der Waals surface area contributed by atoms with Crippen LogP contribution in [0.2, 0.25) is 10.0 Å². The summed E-state index contributed by atoms with van der Waals surface area (Å²) >= 11 is 12.4. The molecule has 168 valence electrons. The Kier molecular flexibility index (Phi) is 5.87. The molecule has 0 aromatic heterocycles. The van der Waals surface area contributed by atoms with Crippen LogP contribution in [0.3, 0.4) is 0 Å². The summed E-state index contributed by atoms with van der Waals surface area (Å²) in [7, 11) is 0. The van der Waals surface area contributed by atoms with Gasteiger partial charge in [0.15, 0.2) is 0 Å². The van der Waals surface area contributed by atoms with Gasteiger partial charge in [-0.15, -0.1) is 0 Å². The molecular weight excluding hydrogens is 457 g/mol. The Labute approximate surface area is 202 Å². The number of aryl methyl sites for hydroxylation is 1. The fourth-order valence-corrected chi connectivity index (χ4v) is 5.05. The summed E-state index contributed by atoms with van der Waals surface area (Å²) in [4.78, 5) is 28.1. The van der Waals surface area contributed by atoms with Crippen molar-refractivity contribution in [1.29, 1.82) is 0 Å². The third-order valence-corrected chi connectivity index (χ3v) is 7.05. The molecule has 0 saturated carbocycles. The van der Waals surface area contributed by atoms with E-state index < -0.39 is 0 Å². The highest BCUT2D eigenvalue weighted by Crippen LogP contribution is 2.42. The molecule has 33 heavy (non-hydrogen) atoms. The first kappa shape index (κ1) is 22.0. The Bertz CT molecular complexity index is 1260. The maximum Gasteiger partial charge on any atom is 0.258 e. The van der Waals surface area contributed by atoms with Gasteiger partial charge < -0.3 is 15.5 Å². The molecule has 2 N–H and O–H groups in total. The summed E-state index contributed by atoms with van der Waals surface area (Å²) in [6.45, 7) is 3.49. The highest BCUT2D eigenvalue weighted by atomic mass is 35.5. The molecule has 3 aromatic carbocycles. The minimum atomic E-state index is -0.291. The molecule has 0 spiro atoms. The molecule has 2 atom stereocenters. The maximum absolute atomic E-state index is 13.6. The maximum atomic E-state index is 13.6. The van der Waals surface area contributed by atoms with Crippen LogP contribution in [0.5, 0.6) is 0 Å². The Balaban J connectivity index is 1.41. The van der Waals surface area contributed by atoms with Crippen molar-refractivity contribution in [3.8, 4) is 0 Å². The molecular formula is C26H23Cl2N3O2. The first-order valence-corrected chi connectivity index (χ1v) is 11.7. The predicted molar refractivity (Wildman–Crippen MR) is 133 cm³/mol. The molecule has 2 heterocycles. The van der Waals surface area contributed by atoms with E-state index in [1.54, 1.807) is 36.4 Å². The van der Waals surface area contributed by atoms with Gasteiger partial charge in [0.25, 0.3) is 11.8 Å². The van der Waals surface area contributed by atoms with Gasteiger partial charge in [0.1, 0.15) is 0 Å². The summed E-state index contributed by atoms with van der Waals surface area (Å²) < 4.78 is 0. The number of rotatable bonds is 3. The van der Waals surface area contributed by atoms with E-state index in [-0.39, 0.29) is 17.9 Å². The third kappa shape index (κ3) is 4.12. The van der Waals surface area contributed by atoms with Crippen LogP contribution in [-0.4, -0.2) is 24.9 Å². The van der Waals surface area contributed by atoms with Crippen LogP contribution in [0.15, 0.2) is 60.7 Å². The van der Waals surface area contributed by atoms with Gasteiger partial charge in [0.2, 0.25) is 0 Å². The lowest BCUT2D eigenvalue weighted by atomic mass is 9.84. The molecule has 2 aliphatic rings. The number of nitrogens with zero attached hydrogens (tertiary/aromatic N) is 1. The molecule has 7 heteroatoms. The summed E-state index contributed by atoms with van der Waals surface area (Å²) in [5.74, 6) is 0.158. The van der Waals surface area contributed by atoms with Gasteiger partial charge in [-0.3, -0.25) is 9.59 Å². The molecule has 1 fully saturated rings. The molecule has 0 unspecified atom stereocenters. The van der Waals surface area contributed by atoms with Crippen molar-refractivity contribution in [3.05, 3.63) is 93.0 Å². The number of fused-ring (bicyclic) bond motifs is 3. The van der Waals surface area contributed by atoms with Crippen LogP contribution < -0.4 is 15.5 Å². The number of amides is 2. The summed E-state index contributed by atoms with van der Waals surface area (Å²) in [5, 5.41) is 7.41. The van der Waals surface area contributed by atoms with Crippen LogP contribution in [-0.2, 0) is 0 Å². The lowest BCUT2D eigenvalue weighted by Crippen LogP contribution is -2.45. The number of benzene rings is 3. The molecule has 0 radical (unpaired) electrons. The fraction of sp³-hybridized carbons (Fsp3) is 0.231. The summed E-state index contributed by atoms with van der Waals surface area (Å²) in [6.07, 6.45) is 0.931. The second-order valence-corrected chi connectivity index (χ2v) is 9.40. The molecule has 1 saturated heterocycles. The van der Waals surface area contributed by atoms with Crippen molar-refractivity contribution in [2.45, 2.75) is 19.4 Å².